The third-order valence-electron chi connectivity index (χ3n) is 4.67. The largest absolute Gasteiger partial charge is 0.338 e. The van der Waals surface area contributed by atoms with Crippen molar-refractivity contribution in [2.45, 2.75) is 19.0 Å². The van der Waals surface area contributed by atoms with E-state index in [1.165, 1.54) is 5.56 Å². The number of aromatic nitrogens is 2. The average molecular weight is 369 g/mol. The molecule has 3 aromatic rings. The van der Waals surface area contributed by atoms with Gasteiger partial charge in [0.1, 0.15) is 0 Å². The lowest BCUT2D eigenvalue weighted by Gasteiger charge is -2.35. The van der Waals surface area contributed by atoms with Crippen LogP contribution in [-0.2, 0) is 13.0 Å². The Kier molecular flexibility index (Phi) is 5.29. The van der Waals surface area contributed by atoms with Gasteiger partial charge in [-0.2, -0.15) is 4.98 Å². The standard InChI is InChI=1S/C20H21ClN4O/c21-17-9-5-4-8-16(17)18-13-22-10-11-25(18)14-20-23-19(24-26-20)12-15-6-2-1-3-7-15/h1-9,18,22H,10-14H2. The molecule has 1 fully saturated rings. The third kappa shape index (κ3) is 3.96. The Labute approximate surface area is 158 Å². The Balaban J connectivity index is 1.48. The Morgan fingerprint density at radius 3 is 2.77 bits per heavy atom. The maximum absolute atomic E-state index is 6.41. The molecule has 1 atom stereocenters. The lowest BCUT2D eigenvalue weighted by Crippen LogP contribution is -2.45. The van der Waals surface area contributed by atoms with Gasteiger partial charge in [0.05, 0.1) is 6.54 Å². The Morgan fingerprint density at radius 2 is 1.92 bits per heavy atom. The van der Waals surface area contributed by atoms with E-state index < -0.39 is 0 Å². The van der Waals surface area contributed by atoms with E-state index in [1.54, 1.807) is 0 Å². The van der Waals surface area contributed by atoms with Crippen LogP contribution in [0.15, 0.2) is 59.1 Å². The van der Waals surface area contributed by atoms with E-state index in [4.69, 9.17) is 16.1 Å². The first kappa shape index (κ1) is 17.2. The van der Waals surface area contributed by atoms with Crippen molar-refractivity contribution in [1.82, 2.24) is 20.4 Å². The Hall–Kier alpha value is -2.21. The Morgan fingerprint density at radius 1 is 1.12 bits per heavy atom. The van der Waals surface area contributed by atoms with Crippen LogP contribution in [0.25, 0.3) is 0 Å². The van der Waals surface area contributed by atoms with Gasteiger partial charge >= 0.3 is 0 Å². The molecule has 1 aliphatic heterocycles. The quantitative estimate of drug-likeness (QED) is 0.747. The molecule has 0 saturated carbocycles. The summed E-state index contributed by atoms with van der Waals surface area (Å²) in [6.07, 6.45) is 0.680. The van der Waals surface area contributed by atoms with Crippen molar-refractivity contribution in [3.63, 3.8) is 0 Å². The first-order valence-electron chi connectivity index (χ1n) is 8.84. The molecule has 134 valence electrons. The molecule has 1 unspecified atom stereocenters. The maximum Gasteiger partial charge on any atom is 0.240 e. The van der Waals surface area contributed by atoms with E-state index in [-0.39, 0.29) is 6.04 Å². The van der Waals surface area contributed by atoms with Crippen LogP contribution in [0.5, 0.6) is 0 Å². The lowest BCUT2D eigenvalue weighted by molar-refractivity contribution is 0.135. The van der Waals surface area contributed by atoms with E-state index in [1.807, 2.05) is 36.4 Å². The van der Waals surface area contributed by atoms with Crippen LogP contribution in [0.2, 0.25) is 5.02 Å². The summed E-state index contributed by atoms with van der Waals surface area (Å²) in [6, 6.07) is 18.4. The summed E-state index contributed by atoms with van der Waals surface area (Å²) in [4.78, 5) is 6.92. The predicted octanol–water partition coefficient (Wildman–Crippen LogP) is 3.46. The zero-order valence-corrected chi connectivity index (χ0v) is 15.2. The molecule has 6 heteroatoms. The molecule has 1 aliphatic rings. The van der Waals surface area contributed by atoms with Gasteiger partial charge in [-0.05, 0) is 17.2 Å². The highest BCUT2D eigenvalue weighted by Crippen LogP contribution is 2.29. The van der Waals surface area contributed by atoms with Crippen LogP contribution in [0, 0.1) is 0 Å². The van der Waals surface area contributed by atoms with Crippen LogP contribution in [0.3, 0.4) is 0 Å². The molecule has 1 N–H and O–H groups in total. The second kappa shape index (κ2) is 7.99. The maximum atomic E-state index is 6.41. The van der Waals surface area contributed by atoms with Crippen LogP contribution in [0.1, 0.15) is 28.9 Å². The van der Waals surface area contributed by atoms with Gasteiger partial charge in [0.25, 0.3) is 0 Å². The van der Waals surface area contributed by atoms with Gasteiger partial charge in [0.15, 0.2) is 5.82 Å². The summed E-state index contributed by atoms with van der Waals surface area (Å²) in [6.45, 7) is 3.33. The normalized spacial score (nSPS) is 18.1. The number of rotatable bonds is 5. The minimum atomic E-state index is 0.196. The molecule has 0 aliphatic carbocycles. The van der Waals surface area contributed by atoms with E-state index in [2.05, 4.69) is 38.6 Å². The smallest absolute Gasteiger partial charge is 0.240 e. The molecule has 0 bridgehead atoms. The van der Waals surface area contributed by atoms with E-state index >= 15 is 0 Å². The molecule has 2 heterocycles. The lowest BCUT2D eigenvalue weighted by atomic mass is 10.0. The molecule has 2 aromatic carbocycles. The zero-order valence-electron chi connectivity index (χ0n) is 14.4. The van der Waals surface area contributed by atoms with Crippen LogP contribution in [-0.4, -0.2) is 34.7 Å². The highest BCUT2D eigenvalue weighted by molar-refractivity contribution is 6.31. The molecule has 1 saturated heterocycles. The second-order valence-electron chi connectivity index (χ2n) is 6.48. The molecular weight excluding hydrogens is 348 g/mol. The zero-order chi connectivity index (χ0) is 17.8. The number of hydrogen-bond donors (Lipinski definition) is 1. The minimum Gasteiger partial charge on any atom is -0.338 e. The summed E-state index contributed by atoms with van der Waals surface area (Å²) in [5.41, 5.74) is 2.31. The van der Waals surface area contributed by atoms with E-state index in [0.717, 1.165) is 36.0 Å². The van der Waals surface area contributed by atoms with Gasteiger partial charge in [-0.15, -0.1) is 0 Å². The summed E-state index contributed by atoms with van der Waals surface area (Å²) in [7, 11) is 0. The number of nitrogens with zero attached hydrogens (tertiary/aromatic N) is 3. The van der Waals surface area contributed by atoms with E-state index in [0.29, 0.717) is 18.9 Å². The average Bonchev–Trinajstić information content (AvgIpc) is 3.10. The van der Waals surface area contributed by atoms with Gasteiger partial charge in [-0.3, -0.25) is 4.90 Å². The topological polar surface area (TPSA) is 54.2 Å². The highest BCUT2D eigenvalue weighted by atomic mass is 35.5. The van der Waals surface area contributed by atoms with Crippen molar-refractivity contribution < 1.29 is 4.52 Å². The van der Waals surface area contributed by atoms with Gasteiger partial charge in [0.2, 0.25) is 5.89 Å². The predicted molar refractivity (Wildman–Crippen MR) is 101 cm³/mol. The monoisotopic (exact) mass is 368 g/mol. The van der Waals surface area contributed by atoms with Crippen molar-refractivity contribution in [3.8, 4) is 0 Å². The van der Waals surface area contributed by atoms with Crippen molar-refractivity contribution in [3.05, 3.63) is 82.5 Å². The van der Waals surface area contributed by atoms with Gasteiger partial charge in [-0.25, -0.2) is 0 Å². The van der Waals surface area contributed by atoms with Crippen molar-refractivity contribution >= 4 is 11.6 Å². The number of nitrogens with one attached hydrogen (secondary N) is 1. The molecule has 0 radical (unpaired) electrons. The molecule has 26 heavy (non-hydrogen) atoms. The van der Waals surface area contributed by atoms with E-state index in [9.17, 15) is 0 Å². The van der Waals surface area contributed by atoms with Crippen molar-refractivity contribution in [2.75, 3.05) is 19.6 Å². The second-order valence-corrected chi connectivity index (χ2v) is 6.89. The minimum absolute atomic E-state index is 0.196. The molecule has 0 amide bonds. The fraction of sp³-hybridized carbons (Fsp3) is 0.300. The number of hydrogen-bond acceptors (Lipinski definition) is 5. The molecule has 0 spiro atoms. The summed E-state index contributed by atoms with van der Waals surface area (Å²) < 4.78 is 5.50. The third-order valence-corrected chi connectivity index (χ3v) is 5.02. The summed E-state index contributed by atoms with van der Waals surface area (Å²) in [5.74, 6) is 1.37. The van der Waals surface area contributed by atoms with Gasteiger partial charge in [0, 0.05) is 37.1 Å². The highest BCUT2D eigenvalue weighted by Gasteiger charge is 2.27. The first-order chi connectivity index (χ1) is 12.8. The first-order valence-corrected chi connectivity index (χ1v) is 9.22. The fourth-order valence-corrected chi connectivity index (χ4v) is 3.63. The Bertz CT molecular complexity index is 852. The fourth-order valence-electron chi connectivity index (χ4n) is 3.37. The van der Waals surface area contributed by atoms with Crippen LogP contribution < -0.4 is 5.32 Å². The number of halogens is 1. The SMILES string of the molecule is Clc1ccccc1C1CNCCN1Cc1nc(Cc2ccccc2)no1. The summed E-state index contributed by atoms with van der Waals surface area (Å²) >= 11 is 6.41. The number of piperazine rings is 1. The van der Waals surface area contributed by atoms with Gasteiger partial charge < -0.3 is 9.84 Å². The molecular formula is C20H21ClN4O. The summed E-state index contributed by atoms with van der Waals surface area (Å²) in [5, 5.41) is 8.38. The van der Waals surface area contributed by atoms with Crippen molar-refractivity contribution in [2.24, 2.45) is 0 Å². The molecule has 5 nitrogen and oxygen atoms in total. The van der Waals surface area contributed by atoms with Crippen LogP contribution in [0.4, 0.5) is 0 Å². The molecule has 4 rings (SSSR count). The molecule has 1 aromatic heterocycles. The number of benzene rings is 2. The van der Waals surface area contributed by atoms with Gasteiger partial charge in [-0.1, -0.05) is 65.3 Å². The van der Waals surface area contributed by atoms with Crippen molar-refractivity contribution in [1.29, 1.82) is 0 Å². The van der Waals surface area contributed by atoms with Crippen LogP contribution >= 0.6 is 11.6 Å².